The summed E-state index contributed by atoms with van der Waals surface area (Å²) in [4.78, 5) is 91.0. The molecule has 0 aliphatic carbocycles. The van der Waals surface area contributed by atoms with Crippen LogP contribution < -0.4 is 26.6 Å². The van der Waals surface area contributed by atoms with Crippen molar-refractivity contribution in [2.24, 2.45) is 0 Å². The number of carbonyl (C=O) groups excluding carboxylic acids is 7. The van der Waals surface area contributed by atoms with Gasteiger partial charge in [-0.1, -0.05) is 30.3 Å². The predicted molar refractivity (Wildman–Crippen MR) is 170 cm³/mol. The molecular weight excluding hydrogens is 612 g/mol. The van der Waals surface area contributed by atoms with Crippen LogP contribution in [0.15, 0.2) is 30.3 Å². The molecular formula is C32H48N6O9. The largest absolute Gasteiger partial charge is 0.467 e. The highest BCUT2D eigenvalue weighted by atomic mass is 16.5. The molecule has 1 heterocycles. The monoisotopic (exact) mass is 660 g/mol. The fourth-order valence-electron chi connectivity index (χ4n) is 4.69. The Hall–Kier alpha value is -4.69. The van der Waals surface area contributed by atoms with E-state index in [9.17, 15) is 33.6 Å². The summed E-state index contributed by atoms with van der Waals surface area (Å²) in [5.41, 5.74) is -3.56. The number of nitrogens with one attached hydrogen (secondary N) is 5. The molecule has 1 aromatic carbocycles. The van der Waals surface area contributed by atoms with Gasteiger partial charge in [0.2, 0.25) is 29.5 Å². The van der Waals surface area contributed by atoms with Crippen molar-refractivity contribution in [3.63, 3.8) is 0 Å². The van der Waals surface area contributed by atoms with E-state index in [-0.39, 0.29) is 13.2 Å². The van der Waals surface area contributed by atoms with Crippen molar-refractivity contribution < 1.29 is 43.0 Å². The molecule has 15 heteroatoms. The second-order valence-electron chi connectivity index (χ2n) is 13.1. The fourth-order valence-corrected chi connectivity index (χ4v) is 4.69. The number of ether oxygens (including phenoxy) is 2. The van der Waals surface area contributed by atoms with Gasteiger partial charge in [-0.25, -0.2) is 9.59 Å². The lowest BCUT2D eigenvalue weighted by Gasteiger charge is -2.34. The van der Waals surface area contributed by atoms with Crippen LogP contribution in [0.1, 0.15) is 73.8 Å². The van der Waals surface area contributed by atoms with Crippen LogP contribution in [-0.2, 0) is 44.8 Å². The van der Waals surface area contributed by atoms with E-state index in [4.69, 9.17) is 4.74 Å². The third kappa shape index (κ3) is 10.7. The van der Waals surface area contributed by atoms with Crippen molar-refractivity contribution in [1.82, 2.24) is 31.5 Å². The van der Waals surface area contributed by atoms with E-state index in [2.05, 4.69) is 31.3 Å². The Morgan fingerprint density at radius 2 is 1.36 bits per heavy atom. The minimum atomic E-state index is -1.50. The Morgan fingerprint density at radius 1 is 0.809 bits per heavy atom. The topological polar surface area (TPSA) is 201 Å². The van der Waals surface area contributed by atoms with Crippen molar-refractivity contribution >= 4 is 41.6 Å². The van der Waals surface area contributed by atoms with Gasteiger partial charge in [-0.3, -0.25) is 24.0 Å². The summed E-state index contributed by atoms with van der Waals surface area (Å²) in [6, 6.07) is 6.11. The summed E-state index contributed by atoms with van der Waals surface area (Å²) >= 11 is 0. The Balaban J connectivity index is 1.97. The Labute approximate surface area is 275 Å². The molecule has 1 saturated heterocycles. The van der Waals surface area contributed by atoms with Crippen LogP contribution in [0.5, 0.6) is 0 Å². The van der Waals surface area contributed by atoms with Crippen LogP contribution >= 0.6 is 0 Å². The summed E-state index contributed by atoms with van der Waals surface area (Å²) in [6.45, 7) is 11.9. The van der Waals surface area contributed by atoms with Crippen LogP contribution in [0.4, 0.5) is 4.79 Å². The first-order valence-corrected chi connectivity index (χ1v) is 15.4. The summed E-state index contributed by atoms with van der Waals surface area (Å²) in [6.07, 6.45) is 0.0846. The molecule has 0 aromatic heterocycles. The van der Waals surface area contributed by atoms with Gasteiger partial charge in [-0.2, -0.15) is 0 Å². The second-order valence-corrected chi connectivity index (χ2v) is 13.1. The lowest BCUT2D eigenvalue weighted by atomic mass is 10.0. The van der Waals surface area contributed by atoms with Gasteiger partial charge >= 0.3 is 12.1 Å². The summed E-state index contributed by atoms with van der Waals surface area (Å²) in [7, 11) is 1.18. The van der Waals surface area contributed by atoms with E-state index >= 15 is 0 Å². The zero-order valence-electron chi connectivity index (χ0n) is 28.6. The molecule has 0 unspecified atom stereocenters. The van der Waals surface area contributed by atoms with Gasteiger partial charge in [0.15, 0.2) is 0 Å². The molecule has 1 aliphatic heterocycles. The first-order chi connectivity index (χ1) is 21.7. The van der Waals surface area contributed by atoms with Crippen LogP contribution in [0.25, 0.3) is 0 Å². The van der Waals surface area contributed by atoms with Crippen LogP contribution in [0, 0.1) is 0 Å². The van der Waals surface area contributed by atoms with Crippen molar-refractivity contribution in [3.8, 4) is 0 Å². The Bertz CT molecular complexity index is 1350. The molecule has 1 aromatic rings. The van der Waals surface area contributed by atoms with Crippen LogP contribution in [-0.4, -0.2) is 94.9 Å². The van der Waals surface area contributed by atoms with Gasteiger partial charge in [0.25, 0.3) is 0 Å². The first-order valence-electron chi connectivity index (χ1n) is 15.4. The minimum Gasteiger partial charge on any atom is -0.467 e. The fraction of sp³-hybridized carbons (Fsp3) is 0.594. The SMILES string of the molecule is COC(=O)[C@H](C)NC(=O)C(C)(C)NC(=O)[C@H](C)NC(=O)C(C)(C)NC(=O)[C@@H]1CCCN1C(=O)C(C)(C)NC(=O)OCc1ccccc1. The van der Waals surface area contributed by atoms with Crippen LogP contribution in [0.2, 0.25) is 0 Å². The van der Waals surface area contributed by atoms with Crippen molar-refractivity contribution in [2.75, 3.05) is 13.7 Å². The summed E-state index contributed by atoms with van der Waals surface area (Å²) < 4.78 is 9.84. The number of amides is 6. The second kappa shape index (κ2) is 15.7. The quantitative estimate of drug-likeness (QED) is 0.188. The van der Waals surface area contributed by atoms with Gasteiger partial charge in [-0.05, 0) is 73.8 Å². The highest BCUT2D eigenvalue weighted by Crippen LogP contribution is 2.23. The van der Waals surface area contributed by atoms with E-state index in [1.165, 1.54) is 67.4 Å². The molecule has 3 atom stereocenters. The summed E-state index contributed by atoms with van der Waals surface area (Å²) in [5.74, 6) is -3.74. The molecule has 1 fully saturated rings. The maximum atomic E-state index is 13.5. The predicted octanol–water partition coefficient (Wildman–Crippen LogP) is 0.654. The average Bonchev–Trinajstić information content (AvgIpc) is 3.49. The third-order valence-corrected chi connectivity index (χ3v) is 7.63. The standard InChI is InChI=1S/C32H48N6O9/c1-19(23(39)35-30(3,4)27(43)34-20(2)25(41)46-9)33-26(42)31(5,6)36-24(40)22-16-13-17-38(22)28(44)32(7,8)37-29(45)47-18-21-14-11-10-12-15-21/h10-12,14-15,19-20,22H,13,16-18H2,1-9H3,(H,33,42)(H,34,43)(H,35,39)(H,36,40)(H,37,45)/t19-,20-,22-/m0/s1. The number of hydrogen-bond donors (Lipinski definition) is 5. The van der Waals surface area contributed by atoms with E-state index < -0.39 is 76.3 Å². The maximum Gasteiger partial charge on any atom is 0.408 e. The molecule has 0 spiro atoms. The highest BCUT2D eigenvalue weighted by molar-refractivity contribution is 5.99. The van der Waals surface area contributed by atoms with Crippen LogP contribution in [0.3, 0.4) is 0 Å². The molecule has 260 valence electrons. The Morgan fingerprint density at radius 3 is 1.94 bits per heavy atom. The third-order valence-electron chi connectivity index (χ3n) is 7.63. The molecule has 1 aliphatic rings. The van der Waals surface area contributed by atoms with Crippen molar-refractivity contribution in [2.45, 2.75) is 110 Å². The van der Waals surface area contributed by atoms with Crippen molar-refractivity contribution in [3.05, 3.63) is 35.9 Å². The molecule has 47 heavy (non-hydrogen) atoms. The van der Waals surface area contributed by atoms with E-state index in [0.29, 0.717) is 12.8 Å². The van der Waals surface area contributed by atoms with Gasteiger partial charge in [0, 0.05) is 6.54 Å². The average molecular weight is 661 g/mol. The highest BCUT2D eigenvalue weighted by Gasteiger charge is 2.44. The number of rotatable bonds is 13. The van der Waals surface area contributed by atoms with E-state index in [0.717, 1.165) is 5.56 Å². The lowest BCUT2D eigenvalue weighted by molar-refractivity contribution is -0.145. The first kappa shape index (κ1) is 38.5. The minimum absolute atomic E-state index is 0.0204. The van der Waals surface area contributed by atoms with Gasteiger partial charge in [0.1, 0.15) is 41.3 Å². The number of hydrogen-bond acceptors (Lipinski definition) is 9. The molecule has 2 rings (SSSR count). The molecule has 0 bridgehead atoms. The number of esters is 1. The van der Waals surface area contributed by atoms with E-state index in [1.807, 2.05) is 18.2 Å². The maximum absolute atomic E-state index is 13.5. The molecule has 5 N–H and O–H groups in total. The number of alkyl carbamates (subject to hydrolysis) is 1. The molecule has 0 radical (unpaired) electrons. The smallest absolute Gasteiger partial charge is 0.408 e. The number of nitrogens with zero attached hydrogens (tertiary/aromatic N) is 1. The number of benzene rings is 1. The van der Waals surface area contributed by atoms with Crippen molar-refractivity contribution in [1.29, 1.82) is 0 Å². The van der Waals surface area contributed by atoms with E-state index in [1.54, 1.807) is 12.1 Å². The zero-order chi connectivity index (χ0) is 35.7. The number of carbonyl (C=O) groups is 7. The number of methoxy groups -OCH3 is 1. The lowest BCUT2D eigenvalue weighted by Crippen LogP contribution is -2.64. The number of likely N-dealkylation sites (tertiary alicyclic amines) is 1. The normalized spacial score (nSPS) is 16.2. The summed E-state index contributed by atoms with van der Waals surface area (Å²) in [5, 5.41) is 12.8. The van der Waals surface area contributed by atoms with Gasteiger partial charge in [-0.15, -0.1) is 0 Å². The van der Waals surface area contributed by atoms with Gasteiger partial charge in [0.05, 0.1) is 7.11 Å². The zero-order valence-corrected chi connectivity index (χ0v) is 28.6. The molecule has 6 amide bonds. The molecule has 0 saturated carbocycles. The van der Waals surface area contributed by atoms with Gasteiger partial charge < -0.3 is 41.0 Å². The Kier molecular flexibility index (Phi) is 12.9. The molecule has 15 nitrogen and oxygen atoms in total.